The van der Waals surface area contributed by atoms with Crippen LogP contribution in [0.5, 0.6) is 11.5 Å². The number of nitrogens with zero attached hydrogens (tertiary/aromatic N) is 2. The molecule has 6 rings (SSSR count). The lowest BCUT2D eigenvalue weighted by molar-refractivity contribution is 0.318. The average molecular weight is 427 g/mol. The maximum atomic E-state index is 5.69. The van der Waals surface area contributed by atoms with Gasteiger partial charge in [0.05, 0.1) is 24.2 Å². The van der Waals surface area contributed by atoms with Crippen molar-refractivity contribution >= 4 is 21.8 Å². The first-order chi connectivity index (χ1) is 15.5. The second-order valence-electron chi connectivity index (χ2n) is 9.20. The number of hydrogen-bond acceptors (Lipinski definition) is 4. The lowest BCUT2D eigenvalue weighted by atomic mass is 9.95. The molecule has 0 aliphatic carbocycles. The molecule has 4 nitrogen and oxygen atoms in total. The molecule has 2 aromatic carbocycles. The number of aromatic nitrogens is 2. The van der Waals surface area contributed by atoms with Gasteiger partial charge >= 0.3 is 0 Å². The number of rotatable bonds is 2. The van der Waals surface area contributed by atoms with Crippen LogP contribution in [-0.2, 0) is 12.8 Å². The fourth-order valence-corrected chi connectivity index (χ4v) is 4.78. The highest BCUT2D eigenvalue weighted by atomic mass is 16.5. The molecule has 0 spiro atoms. The van der Waals surface area contributed by atoms with Crippen LogP contribution in [0.2, 0.25) is 0 Å². The summed E-state index contributed by atoms with van der Waals surface area (Å²) in [6, 6.07) is 12.7. The molecule has 164 valence electrons. The Bertz CT molecular complexity index is 1170. The van der Waals surface area contributed by atoms with Crippen LogP contribution in [0.3, 0.4) is 0 Å². The lowest BCUT2D eigenvalue weighted by Crippen LogP contribution is -2.09. The normalized spacial score (nSPS) is 14.2. The van der Waals surface area contributed by atoms with E-state index in [1.165, 1.54) is 33.0 Å². The van der Waals surface area contributed by atoms with E-state index in [0.29, 0.717) is 11.8 Å². The molecule has 4 heterocycles. The molecule has 0 atom stereocenters. The van der Waals surface area contributed by atoms with Crippen molar-refractivity contribution in [2.24, 2.45) is 0 Å². The molecule has 0 radical (unpaired) electrons. The summed E-state index contributed by atoms with van der Waals surface area (Å²) in [5.41, 5.74) is 7.59. The SMILES string of the molecule is CC(C)c1ccc2c3c(ccnc13)CCO2.CC(C)c1ccc2c3c(ccnc13)CCO2. The predicted molar refractivity (Wildman–Crippen MR) is 130 cm³/mol. The molecule has 0 unspecified atom stereocenters. The minimum Gasteiger partial charge on any atom is -0.493 e. The molecule has 2 aliphatic heterocycles. The molecule has 0 N–H and O–H groups in total. The van der Waals surface area contributed by atoms with Crippen LogP contribution in [0.4, 0.5) is 0 Å². The summed E-state index contributed by atoms with van der Waals surface area (Å²) >= 11 is 0. The summed E-state index contributed by atoms with van der Waals surface area (Å²) in [6.07, 6.45) is 5.82. The third-order valence-electron chi connectivity index (χ3n) is 6.44. The summed E-state index contributed by atoms with van der Waals surface area (Å²) in [7, 11) is 0. The number of pyridine rings is 2. The largest absolute Gasteiger partial charge is 0.493 e. The van der Waals surface area contributed by atoms with Crippen molar-refractivity contribution in [2.75, 3.05) is 13.2 Å². The van der Waals surface area contributed by atoms with Gasteiger partial charge in [-0.1, -0.05) is 39.8 Å². The second-order valence-corrected chi connectivity index (χ2v) is 9.20. The lowest BCUT2D eigenvalue weighted by Gasteiger charge is -2.20. The maximum Gasteiger partial charge on any atom is 0.129 e. The maximum absolute atomic E-state index is 5.69. The van der Waals surface area contributed by atoms with Crippen molar-refractivity contribution in [3.05, 3.63) is 71.0 Å². The third-order valence-corrected chi connectivity index (χ3v) is 6.44. The standard InChI is InChI=1S/2C14H15NO/c2*1-9(2)11-3-4-12-13-10(6-8-16-12)5-7-15-14(11)13/h2*3-5,7,9H,6,8H2,1-2H3. The molecule has 0 bridgehead atoms. The fraction of sp³-hybridized carbons (Fsp3) is 0.357. The van der Waals surface area contributed by atoms with Gasteiger partial charge in [-0.25, -0.2) is 0 Å². The molecule has 2 aromatic heterocycles. The van der Waals surface area contributed by atoms with Gasteiger partial charge in [0.1, 0.15) is 11.5 Å². The molecular formula is C28H30N2O2. The monoisotopic (exact) mass is 426 g/mol. The van der Waals surface area contributed by atoms with Gasteiger partial charge < -0.3 is 9.47 Å². The van der Waals surface area contributed by atoms with E-state index in [1.807, 2.05) is 12.4 Å². The zero-order valence-corrected chi connectivity index (χ0v) is 19.3. The van der Waals surface area contributed by atoms with Crippen LogP contribution in [0.15, 0.2) is 48.8 Å². The van der Waals surface area contributed by atoms with E-state index in [1.54, 1.807) is 0 Å². The van der Waals surface area contributed by atoms with Crippen LogP contribution < -0.4 is 9.47 Å². The van der Waals surface area contributed by atoms with Crippen molar-refractivity contribution in [1.29, 1.82) is 0 Å². The van der Waals surface area contributed by atoms with Crippen LogP contribution >= 0.6 is 0 Å². The number of hydrogen-bond donors (Lipinski definition) is 0. The van der Waals surface area contributed by atoms with E-state index in [2.05, 4.69) is 74.1 Å². The van der Waals surface area contributed by atoms with Gasteiger partial charge in [0.15, 0.2) is 0 Å². The minimum absolute atomic E-state index is 0.499. The zero-order valence-electron chi connectivity index (χ0n) is 19.3. The van der Waals surface area contributed by atoms with Gasteiger partial charge in [0.25, 0.3) is 0 Å². The summed E-state index contributed by atoms with van der Waals surface area (Å²) in [5.74, 6) is 2.99. The van der Waals surface area contributed by atoms with Gasteiger partial charge in [-0.3, -0.25) is 9.97 Å². The van der Waals surface area contributed by atoms with Crippen molar-refractivity contribution in [1.82, 2.24) is 9.97 Å². The second kappa shape index (κ2) is 8.42. The quantitative estimate of drug-likeness (QED) is 0.363. The highest BCUT2D eigenvalue weighted by molar-refractivity contribution is 5.92. The third kappa shape index (κ3) is 3.58. The van der Waals surface area contributed by atoms with Gasteiger partial charge in [0.2, 0.25) is 0 Å². The molecule has 0 saturated heterocycles. The molecule has 0 amide bonds. The number of benzene rings is 2. The van der Waals surface area contributed by atoms with E-state index in [-0.39, 0.29) is 0 Å². The van der Waals surface area contributed by atoms with E-state index < -0.39 is 0 Å². The van der Waals surface area contributed by atoms with E-state index in [4.69, 9.17) is 9.47 Å². The first kappa shape index (κ1) is 20.7. The Hall–Kier alpha value is -3.14. The highest BCUT2D eigenvalue weighted by Gasteiger charge is 2.18. The van der Waals surface area contributed by atoms with Gasteiger partial charge in [-0.05, 0) is 58.4 Å². The summed E-state index contributed by atoms with van der Waals surface area (Å²) in [4.78, 5) is 9.05. The zero-order chi connectivity index (χ0) is 22.2. The van der Waals surface area contributed by atoms with Crippen LogP contribution in [-0.4, -0.2) is 23.2 Å². The Morgan fingerprint density at radius 1 is 0.625 bits per heavy atom. The Morgan fingerprint density at radius 2 is 1.06 bits per heavy atom. The molecule has 4 heteroatoms. The molecule has 4 aromatic rings. The Kier molecular flexibility index (Phi) is 5.46. The summed E-state index contributed by atoms with van der Waals surface area (Å²) < 4.78 is 11.4. The summed E-state index contributed by atoms with van der Waals surface area (Å²) in [5, 5.41) is 2.44. The smallest absolute Gasteiger partial charge is 0.129 e. The fourth-order valence-electron chi connectivity index (χ4n) is 4.78. The minimum atomic E-state index is 0.499. The molecular weight excluding hydrogens is 396 g/mol. The van der Waals surface area contributed by atoms with Crippen molar-refractivity contribution in [2.45, 2.75) is 52.4 Å². The van der Waals surface area contributed by atoms with Crippen LogP contribution in [0.1, 0.15) is 61.8 Å². The van der Waals surface area contributed by atoms with E-state index in [0.717, 1.165) is 48.6 Å². The van der Waals surface area contributed by atoms with Crippen LogP contribution in [0, 0.1) is 0 Å². The molecule has 0 saturated carbocycles. The Labute approximate surface area is 189 Å². The Morgan fingerprint density at radius 3 is 1.47 bits per heavy atom. The average Bonchev–Trinajstić information content (AvgIpc) is 2.80. The van der Waals surface area contributed by atoms with Gasteiger partial charge in [0, 0.05) is 36.0 Å². The first-order valence-electron chi connectivity index (χ1n) is 11.6. The predicted octanol–water partition coefficient (Wildman–Crippen LogP) is 6.59. The molecule has 2 aliphatic rings. The van der Waals surface area contributed by atoms with E-state index in [9.17, 15) is 0 Å². The topological polar surface area (TPSA) is 44.2 Å². The highest BCUT2D eigenvalue weighted by Crippen LogP contribution is 2.36. The Balaban J connectivity index is 0.000000135. The number of ether oxygens (including phenoxy) is 2. The van der Waals surface area contributed by atoms with Crippen molar-refractivity contribution < 1.29 is 9.47 Å². The van der Waals surface area contributed by atoms with Crippen molar-refractivity contribution in [3.8, 4) is 11.5 Å². The molecule has 0 fully saturated rings. The van der Waals surface area contributed by atoms with E-state index >= 15 is 0 Å². The first-order valence-corrected chi connectivity index (χ1v) is 11.6. The van der Waals surface area contributed by atoms with Gasteiger partial charge in [-0.2, -0.15) is 0 Å². The molecule has 32 heavy (non-hydrogen) atoms. The van der Waals surface area contributed by atoms with Crippen LogP contribution in [0.25, 0.3) is 21.8 Å². The van der Waals surface area contributed by atoms with Gasteiger partial charge in [-0.15, -0.1) is 0 Å². The van der Waals surface area contributed by atoms with Crippen molar-refractivity contribution in [3.63, 3.8) is 0 Å². The summed E-state index contributed by atoms with van der Waals surface area (Å²) in [6.45, 7) is 10.4.